The smallest absolute Gasteiger partial charge is 0.254 e. The second kappa shape index (κ2) is 12.4. The molecule has 194 valence electrons. The molecule has 1 atom stereocenters. The first kappa shape index (κ1) is 25.6. The fourth-order valence-corrected chi connectivity index (χ4v) is 3.94. The quantitative estimate of drug-likeness (QED) is 0.258. The highest BCUT2D eigenvalue weighted by molar-refractivity contribution is 6.07. The minimum absolute atomic E-state index is 0.0296. The molecule has 0 saturated heterocycles. The van der Waals surface area contributed by atoms with Crippen molar-refractivity contribution in [3.05, 3.63) is 127 Å². The minimum Gasteiger partial charge on any atom is -0.457 e. The van der Waals surface area contributed by atoms with Crippen LogP contribution >= 0.6 is 0 Å². The van der Waals surface area contributed by atoms with E-state index in [0.717, 1.165) is 5.56 Å². The van der Waals surface area contributed by atoms with Gasteiger partial charge < -0.3 is 20.1 Å². The molecule has 0 aliphatic rings. The zero-order valence-corrected chi connectivity index (χ0v) is 21.0. The normalized spacial score (nSPS) is 11.5. The first-order chi connectivity index (χ1) is 19.2. The number of aromatic nitrogens is 2. The highest BCUT2D eigenvalue weighted by Gasteiger charge is 2.23. The van der Waals surface area contributed by atoms with E-state index in [4.69, 9.17) is 9.47 Å². The van der Waals surface area contributed by atoms with E-state index < -0.39 is 17.9 Å². The van der Waals surface area contributed by atoms with Crippen LogP contribution in [0.1, 0.15) is 15.9 Å². The number of amides is 2. The fourth-order valence-electron chi connectivity index (χ4n) is 3.94. The molecule has 5 rings (SSSR count). The van der Waals surface area contributed by atoms with E-state index in [9.17, 15) is 9.59 Å². The van der Waals surface area contributed by atoms with Crippen molar-refractivity contribution in [2.24, 2.45) is 0 Å². The van der Waals surface area contributed by atoms with E-state index in [1.165, 1.54) is 6.20 Å². The predicted molar refractivity (Wildman–Crippen MR) is 148 cm³/mol. The number of rotatable bonds is 10. The van der Waals surface area contributed by atoms with Crippen molar-refractivity contribution >= 4 is 28.4 Å². The lowest BCUT2D eigenvalue weighted by atomic mass is 10.1. The molecule has 0 aliphatic heterocycles. The Labute approximate surface area is 225 Å². The lowest BCUT2D eigenvalue weighted by Crippen LogP contribution is -2.46. The maximum atomic E-state index is 13.3. The monoisotopic (exact) mass is 518 g/mol. The van der Waals surface area contributed by atoms with E-state index in [1.807, 2.05) is 72.8 Å². The summed E-state index contributed by atoms with van der Waals surface area (Å²) < 4.78 is 11.6. The van der Waals surface area contributed by atoms with Crippen LogP contribution in [0.3, 0.4) is 0 Å². The fraction of sp³-hybridized carbons (Fsp3) is 0.0968. The average Bonchev–Trinajstić information content (AvgIpc) is 2.98. The van der Waals surface area contributed by atoms with Crippen molar-refractivity contribution in [3.8, 4) is 11.5 Å². The van der Waals surface area contributed by atoms with E-state index in [1.54, 1.807) is 36.4 Å². The third-order valence-corrected chi connectivity index (χ3v) is 5.91. The minimum atomic E-state index is -0.964. The van der Waals surface area contributed by atoms with Crippen LogP contribution in [-0.2, 0) is 16.1 Å². The van der Waals surface area contributed by atoms with Crippen LogP contribution in [0.4, 0.5) is 5.69 Å². The number of benzene rings is 4. The zero-order valence-electron chi connectivity index (χ0n) is 21.0. The first-order valence-electron chi connectivity index (χ1n) is 12.4. The maximum Gasteiger partial charge on any atom is 0.254 e. The molecular formula is C31H26N4O4. The lowest BCUT2D eigenvalue weighted by Gasteiger charge is -2.19. The molecule has 4 aromatic carbocycles. The summed E-state index contributed by atoms with van der Waals surface area (Å²) in [5.74, 6) is 0.480. The van der Waals surface area contributed by atoms with Gasteiger partial charge in [-0.05, 0) is 48.0 Å². The van der Waals surface area contributed by atoms with Gasteiger partial charge in [0.15, 0.2) is 0 Å². The Morgan fingerprint density at radius 3 is 2.21 bits per heavy atom. The summed E-state index contributed by atoms with van der Waals surface area (Å²) in [5, 5.41) is 14.3. The van der Waals surface area contributed by atoms with Crippen LogP contribution in [0.15, 0.2) is 115 Å². The number of nitrogens with one attached hydrogen (secondary N) is 2. The Bertz CT molecular complexity index is 1540. The van der Waals surface area contributed by atoms with E-state index in [0.29, 0.717) is 40.3 Å². The summed E-state index contributed by atoms with van der Waals surface area (Å²) >= 11 is 0. The molecule has 0 fully saturated rings. The first-order valence-corrected chi connectivity index (χ1v) is 12.4. The van der Waals surface area contributed by atoms with Gasteiger partial charge in [-0.3, -0.25) is 9.59 Å². The van der Waals surface area contributed by atoms with Crippen LogP contribution in [0.2, 0.25) is 0 Å². The molecule has 0 aliphatic carbocycles. The summed E-state index contributed by atoms with van der Waals surface area (Å²) in [6, 6.07) is 32.3. The summed E-state index contributed by atoms with van der Waals surface area (Å²) in [4.78, 5) is 26.5. The largest absolute Gasteiger partial charge is 0.457 e. The number of anilines is 1. The standard InChI is InChI=1S/C31H26N4O4/c36-30(27-19-32-35-28-14-8-7-13-26(27)28)34-29(21-38-20-22-9-3-1-4-10-22)31(37)33-23-15-17-25(18-16-23)39-24-11-5-2-6-12-24/h1-19,29H,20-21H2,(H,33,37)(H,34,36). The van der Waals surface area contributed by atoms with Crippen molar-refractivity contribution in [3.63, 3.8) is 0 Å². The predicted octanol–water partition coefficient (Wildman–Crippen LogP) is 5.38. The van der Waals surface area contributed by atoms with Gasteiger partial charge in [0, 0.05) is 11.1 Å². The van der Waals surface area contributed by atoms with Gasteiger partial charge in [0.1, 0.15) is 17.5 Å². The highest BCUT2D eigenvalue weighted by atomic mass is 16.5. The number of hydrogen-bond donors (Lipinski definition) is 2. The van der Waals surface area contributed by atoms with Gasteiger partial charge >= 0.3 is 0 Å². The maximum absolute atomic E-state index is 13.3. The molecule has 0 bridgehead atoms. The molecule has 2 amide bonds. The van der Waals surface area contributed by atoms with Crippen molar-refractivity contribution in [1.29, 1.82) is 0 Å². The van der Waals surface area contributed by atoms with Gasteiger partial charge in [-0.1, -0.05) is 66.7 Å². The van der Waals surface area contributed by atoms with Gasteiger partial charge in [-0.25, -0.2) is 0 Å². The van der Waals surface area contributed by atoms with Crippen molar-refractivity contribution in [2.45, 2.75) is 12.6 Å². The van der Waals surface area contributed by atoms with Crippen LogP contribution in [0.25, 0.3) is 10.9 Å². The molecule has 1 aromatic heterocycles. The Morgan fingerprint density at radius 2 is 1.44 bits per heavy atom. The molecule has 8 heteroatoms. The van der Waals surface area contributed by atoms with Gasteiger partial charge in [0.2, 0.25) is 5.91 Å². The summed E-state index contributed by atoms with van der Waals surface area (Å²) in [6.07, 6.45) is 1.39. The molecule has 1 unspecified atom stereocenters. The molecule has 39 heavy (non-hydrogen) atoms. The second-order valence-electron chi connectivity index (χ2n) is 8.73. The summed E-state index contributed by atoms with van der Waals surface area (Å²) in [5.41, 5.74) is 2.42. The third kappa shape index (κ3) is 6.82. The van der Waals surface area contributed by atoms with Crippen LogP contribution in [-0.4, -0.2) is 34.7 Å². The van der Waals surface area contributed by atoms with Gasteiger partial charge in [-0.15, -0.1) is 0 Å². The molecule has 0 spiro atoms. The number of carbonyl (C=O) groups excluding carboxylic acids is 2. The highest BCUT2D eigenvalue weighted by Crippen LogP contribution is 2.23. The molecule has 1 heterocycles. The Balaban J connectivity index is 1.29. The molecular weight excluding hydrogens is 492 g/mol. The molecule has 0 saturated carbocycles. The average molecular weight is 519 g/mol. The van der Waals surface area contributed by atoms with E-state index in [-0.39, 0.29) is 6.61 Å². The third-order valence-electron chi connectivity index (χ3n) is 5.91. The van der Waals surface area contributed by atoms with Crippen LogP contribution < -0.4 is 15.4 Å². The number of carbonyl (C=O) groups is 2. The second-order valence-corrected chi connectivity index (χ2v) is 8.73. The summed E-state index contributed by atoms with van der Waals surface area (Å²) in [6.45, 7) is 0.268. The lowest BCUT2D eigenvalue weighted by molar-refractivity contribution is -0.119. The number of hydrogen-bond acceptors (Lipinski definition) is 6. The van der Waals surface area contributed by atoms with Gasteiger partial charge in [0.05, 0.1) is 30.5 Å². The van der Waals surface area contributed by atoms with Crippen molar-refractivity contribution in [2.75, 3.05) is 11.9 Å². The molecule has 5 aromatic rings. The van der Waals surface area contributed by atoms with Gasteiger partial charge in [-0.2, -0.15) is 10.2 Å². The Hall–Kier alpha value is -5.08. The van der Waals surface area contributed by atoms with E-state index in [2.05, 4.69) is 20.8 Å². The number of fused-ring (bicyclic) bond motifs is 1. The Kier molecular flexibility index (Phi) is 8.16. The van der Waals surface area contributed by atoms with Crippen molar-refractivity contribution < 1.29 is 19.1 Å². The molecule has 8 nitrogen and oxygen atoms in total. The number of para-hydroxylation sites is 1. The van der Waals surface area contributed by atoms with Gasteiger partial charge in [0.25, 0.3) is 5.91 Å². The topological polar surface area (TPSA) is 102 Å². The summed E-state index contributed by atoms with van der Waals surface area (Å²) in [7, 11) is 0. The van der Waals surface area contributed by atoms with E-state index >= 15 is 0 Å². The SMILES string of the molecule is O=C(NC(COCc1ccccc1)C(=O)Nc1ccc(Oc2ccccc2)cc1)c1cnnc2ccccc12. The Morgan fingerprint density at radius 1 is 0.769 bits per heavy atom. The van der Waals surface area contributed by atoms with Crippen molar-refractivity contribution in [1.82, 2.24) is 15.5 Å². The number of nitrogens with zero attached hydrogens (tertiary/aromatic N) is 2. The molecule has 2 N–H and O–H groups in total. The van der Waals surface area contributed by atoms with Crippen LogP contribution in [0.5, 0.6) is 11.5 Å². The number of ether oxygens (including phenoxy) is 2. The molecule has 0 radical (unpaired) electrons. The zero-order chi connectivity index (χ0) is 26.9. The van der Waals surface area contributed by atoms with Crippen LogP contribution in [0, 0.1) is 0 Å².